The van der Waals surface area contributed by atoms with Crippen LogP contribution in [0.3, 0.4) is 0 Å². The van der Waals surface area contributed by atoms with E-state index in [1.54, 1.807) is 7.05 Å². The van der Waals surface area contributed by atoms with Crippen LogP contribution in [0.15, 0.2) is 53.3 Å². The predicted molar refractivity (Wildman–Crippen MR) is 117 cm³/mol. The fourth-order valence-corrected chi connectivity index (χ4v) is 3.55. The summed E-state index contributed by atoms with van der Waals surface area (Å²) in [4.78, 5) is 28.3. The molecular formula is C22H22F3N7O2. The summed E-state index contributed by atoms with van der Waals surface area (Å²) in [6, 6.07) is 9.32. The SMILES string of the molecule is CNC(=O)C(C=Cc1ccccc1)N1CCN(c2ncc(-c3noc(C(F)(F)F)n3)cn2)CC1. The number of nitrogens with zero attached hydrogens (tertiary/aromatic N) is 6. The number of likely N-dealkylation sites (N-methyl/N-ethyl adjacent to an activating group) is 1. The Kier molecular flexibility index (Phi) is 6.87. The van der Waals surface area contributed by atoms with Crippen molar-refractivity contribution < 1.29 is 22.5 Å². The van der Waals surface area contributed by atoms with Crippen molar-refractivity contribution in [3.63, 3.8) is 0 Å². The molecule has 0 bridgehead atoms. The van der Waals surface area contributed by atoms with Crippen molar-refractivity contribution in [2.24, 2.45) is 0 Å². The first kappa shape index (κ1) is 23.4. The molecule has 1 N–H and O–H groups in total. The van der Waals surface area contributed by atoms with Gasteiger partial charge in [0.05, 0.1) is 5.56 Å². The number of halogens is 3. The number of anilines is 1. The van der Waals surface area contributed by atoms with Gasteiger partial charge in [-0.25, -0.2) is 9.97 Å². The summed E-state index contributed by atoms with van der Waals surface area (Å²) in [7, 11) is 1.61. The van der Waals surface area contributed by atoms with Crippen molar-refractivity contribution in [2.45, 2.75) is 12.2 Å². The molecular weight excluding hydrogens is 451 g/mol. The lowest BCUT2D eigenvalue weighted by atomic mass is 10.1. The first-order valence-corrected chi connectivity index (χ1v) is 10.5. The molecule has 9 nitrogen and oxygen atoms in total. The van der Waals surface area contributed by atoms with Gasteiger partial charge in [0.2, 0.25) is 17.7 Å². The minimum Gasteiger partial charge on any atom is -0.358 e. The summed E-state index contributed by atoms with van der Waals surface area (Å²) in [6.07, 6.45) is 1.81. The highest BCUT2D eigenvalue weighted by Gasteiger charge is 2.38. The molecule has 1 saturated heterocycles. The lowest BCUT2D eigenvalue weighted by Gasteiger charge is -2.37. The van der Waals surface area contributed by atoms with Crippen LogP contribution in [0.25, 0.3) is 17.5 Å². The third-order valence-electron chi connectivity index (χ3n) is 5.34. The van der Waals surface area contributed by atoms with E-state index < -0.39 is 18.1 Å². The smallest absolute Gasteiger partial charge is 0.358 e. The Labute approximate surface area is 193 Å². The maximum atomic E-state index is 12.7. The number of rotatable bonds is 6. The Morgan fingerprint density at radius 3 is 2.38 bits per heavy atom. The summed E-state index contributed by atoms with van der Waals surface area (Å²) >= 11 is 0. The molecule has 1 fully saturated rings. The molecule has 1 aliphatic heterocycles. The number of carbonyl (C=O) groups excluding carboxylic acids is 1. The summed E-state index contributed by atoms with van der Waals surface area (Å²) in [6.45, 7) is 2.35. The van der Waals surface area contributed by atoms with Gasteiger partial charge in [0.25, 0.3) is 0 Å². The monoisotopic (exact) mass is 473 g/mol. The summed E-state index contributed by atoms with van der Waals surface area (Å²) < 4.78 is 42.2. The largest absolute Gasteiger partial charge is 0.471 e. The minimum absolute atomic E-state index is 0.0976. The maximum absolute atomic E-state index is 12.7. The number of hydrogen-bond donors (Lipinski definition) is 1. The lowest BCUT2D eigenvalue weighted by Crippen LogP contribution is -2.54. The summed E-state index contributed by atoms with van der Waals surface area (Å²) in [5, 5.41) is 6.05. The number of nitrogens with one attached hydrogen (secondary N) is 1. The van der Waals surface area contributed by atoms with Crippen molar-refractivity contribution in [2.75, 3.05) is 38.1 Å². The second kappa shape index (κ2) is 10.00. The second-order valence-corrected chi connectivity index (χ2v) is 7.54. The molecule has 1 atom stereocenters. The van der Waals surface area contributed by atoms with Crippen LogP contribution in [-0.4, -0.2) is 70.2 Å². The van der Waals surface area contributed by atoms with Crippen LogP contribution in [0.2, 0.25) is 0 Å². The molecule has 12 heteroatoms. The molecule has 0 radical (unpaired) electrons. The first-order chi connectivity index (χ1) is 16.3. The molecule has 0 aliphatic carbocycles. The first-order valence-electron chi connectivity index (χ1n) is 10.5. The molecule has 1 unspecified atom stereocenters. The van der Waals surface area contributed by atoms with Gasteiger partial charge in [0.15, 0.2) is 0 Å². The zero-order valence-corrected chi connectivity index (χ0v) is 18.2. The average Bonchev–Trinajstić information content (AvgIpc) is 3.36. The van der Waals surface area contributed by atoms with E-state index in [1.165, 1.54) is 12.4 Å². The quantitative estimate of drug-likeness (QED) is 0.583. The van der Waals surface area contributed by atoms with E-state index in [9.17, 15) is 18.0 Å². The molecule has 1 aliphatic rings. The van der Waals surface area contributed by atoms with Gasteiger partial charge in [-0.2, -0.15) is 18.2 Å². The van der Waals surface area contributed by atoms with E-state index in [0.29, 0.717) is 32.1 Å². The highest BCUT2D eigenvalue weighted by molar-refractivity contribution is 5.84. The standard InChI is InChI=1S/C22H22F3N7O2/c1-26-19(33)17(8-7-15-5-3-2-4-6-15)31-9-11-32(12-10-31)21-27-13-16(14-28-21)18-29-20(34-30-18)22(23,24)25/h2-8,13-14,17H,9-12H2,1H3,(H,26,33). The second-order valence-electron chi connectivity index (χ2n) is 7.54. The third kappa shape index (κ3) is 5.39. The van der Waals surface area contributed by atoms with Gasteiger partial charge in [-0.05, 0) is 5.56 Å². The topological polar surface area (TPSA) is 100 Å². The molecule has 1 amide bonds. The molecule has 3 aromatic rings. The molecule has 34 heavy (non-hydrogen) atoms. The van der Waals surface area contributed by atoms with Gasteiger partial charge in [-0.1, -0.05) is 47.6 Å². The molecule has 0 spiro atoms. The summed E-state index contributed by atoms with van der Waals surface area (Å²) in [5.74, 6) is -1.32. The lowest BCUT2D eigenvalue weighted by molar-refractivity contribution is -0.159. The van der Waals surface area contributed by atoms with Crippen LogP contribution in [-0.2, 0) is 11.0 Å². The van der Waals surface area contributed by atoms with E-state index >= 15 is 0 Å². The van der Waals surface area contributed by atoms with Gasteiger partial charge >= 0.3 is 12.1 Å². The maximum Gasteiger partial charge on any atom is 0.471 e. The number of hydrogen-bond acceptors (Lipinski definition) is 8. The molecule has 4 rings (SSSR count). The van der Waals surface area contributed by atoms with Crippen LogP contribution >= 0.6 is 0 Å². The third-order valence-corrected chi connectivity index (χ3v) is 5.34. The number of piperazine rings is 1. The Hall–Kier alpha value is -3.80. The Morgan fingerprint density at radius 2 is 1.79 bits per heavy atom. The van der Waals surface area contributed by atoms with Crippen molar-refractivity contribution in [3.05, 3.63) is 60.3 Å². The van der Waals surface area contributed by atoms with Gasteiger partial charge in [-0.15, -0.1) is 0 Å². The molecule has 0 saturated carbocycles. The van der Waals surface area contributed by atoms with Crippen LogP contribution < -0.4 is 10.2 Å². The molecule has 178 valence electrons. The van der Waals surface area contributed by atoms with Gasteiger partial charge in [-0.3, -0.25) is 9.69 Å². The van der Waals surface area contributed by atoms with Gasteiger partial charge in [0.1, 0.15) is 6.04 Å². The van der Waals surface area contributed by atoms with E-state index in [4.69, 9.17) is 0 Å². The zero-order chi connectivity index (χ0) is 24.1. The Morgan fingerprint density at radius 1 is 1.12 bits per heavy atom. The van der Waals surface area contributed by atoms with Gasteiger partial charge < -0.3 is 14.7 Å². The van der Waals surface area contributed by atoms with Crippen LogP contribution in [0, 0.1) is 0 Å². The average molecular weight is 473 g/mol. The van der Waals surface area contributed by atoms with Crippen molar-refractivity contribution in [3.8, 4) is 11.4 Å². The Balaban J connectivity index is 1.40. The van der Waals surface area contributed by atoms with Crippen LogP contribution in [0.5, 0.6) is 0 Å². The van der Waals surface area contributed by atoms with Gasteiger partial charge in [0, 0.05) is 45.6 Å². The highest BCUT2D eigenvalue weighted by atomic mass is 19.4. The van der Waals surface area contributed by atoms with E-state index in [1.807, 2.05) is 47.4 Å². The van der Waals surface area contributed by atoms with E-state index in [-0.39, 0.29) is 17.3 Å². The van der Waals surface area contributed by atoms with Crippen molar-refractivity contribution >= 4 is 17.9 Å². The van der Waals surface area contributed by atoms with E-state index in [0.717, 1.165) is 5.56 Å². The minimum atomic E-state index is -4.71. The molecule has 1 aromatic carbocycles. The Bertz CT molecular complexity index is 1130. The number of carbonyl (C=O) groups is 1. The van der Waals surface area contributed by atoms with Crippen LogP contribution in [0.1, 0.15) is 11.5 Å². The number of alkyl halides is 3. The predicted octanol–water partition coefficient (Wildman–Crippen LogP) is 2.50. The van der Waals surface area contributed by atoms with Crippen molar-refractivity contribution in [1.82, 2.24) is 30.3 Å². The fourth-order valence-electron chi connectivity index (χ4n) is 3.55. The number of amides is 1. The number of benzene rings is 1. The van der Waals surface area contributed by atoms with E-state index in [2.05, 4.69) is 34.8 Å². The molecule has 2 aromatic heterocycles. The highest BCUT2D eigenvalue weighted by Crippen LogP contribution is 2.29. The van der Waals surface area contributed by atoms with Crippen LogP contribution in [0.4, 0.5) is 19.1 Å². The number of aromatic nitrogens is 4. The van der Waals surface area contributed by atoms with Crippen molar-refractivity contribution in [1.29, 1.82) is 0 Å². The normalized spacial score (nSPS) is 16.1. The molecule has 3 heterocycles. The zero-order valence-electron chi connectivity index (χ0n) is 18.2. The fraction of sp³-hybridized carbons (Fsp3) is 0.318. The summed E-state index contributed by atoms with van der Waals surface area (Å²) in [5.41, 5.74) is 1.22.